The smallest absolute Gasteiger partial charge is 0.170 e. The van der Waals surface area contributed by atoms with E-state index in [4.69, 9.17) is 26.4 Å². The van der Waals surface area contributed by atoms with E-state index >= 15 is 0 Å². The Morgan fingerprint density at radius 2 is 1.92 bits per heavy atom. The Kier molecular flexibility index (Phi) is 6.68. The zero-order chi connectivity index (χ0) is 18.2. The molecule has 0 saturated carbocycles. The molecule has 0 amide bonds. The van der Waals surface area contributed by atoms with E-state index < -0.39 is 0 Å². The first kappa shape index (κ1) is 18.5. The van der Waals surface area contributed by atoms with Crippen LogP contribution in [0.15, 0.2) is 48.5 Å². The molecule has 0 aliphatic carbocycles. The van der Waals surface area contributed by atoms with Crippen LogP contribution in [0.1, 0.15) is 19.8 Å². The van der Waals surface area contributed by atoms with Crippen LogP contribution in [0.25, 0.3) is 0 Å². The Morgan fingerprint density at radius 1 is 1.15 bits per heavy atom. The van der Waals surface area contributed by atoms with Crippen LogP contribution < -0.4 is 20.1 Å². The number of benzene rings is 2. The Morgan fingerprint density at radius 3 is 2.65 bits per heavy atom. The Balaban J connectivity index is 1.59. The maximum absolute atomic E-state index is 5.99. The van der Waals surface area contributed by atoms with Crippen LogP contribution in [0.5, 0.6) is 17.2 Å². The third kappa shape index (κ3) is 5.34. The summed E-state index contributed by atoms with van der Waals surface area (Å²) >= 11 is 5.39. The summed E-state index contributed by atoms with van der Waals surface area (Å²) in [5.74, 6) is 2.27. The van der Waals surface area contributed by atoms with Gasteiger partial charge in [0.1, 0.15) is 11.5 Å². The van der Waals surface area contributed by atoms with Crippen LogP contribution in [0, 0.1) is 0 Å². The molecule has 2 N–H and O–H groups in total. The molecule has 0 spiro atoms. The van der Waals surface area contributed by atoms with E-state index in [0.717, 1.165) is 36.6 Å². The Labute approximate surface area is 159 Å². The number of hydrogen-bond acceptors (Lipinski definition) is 4. The molecule has 1 saturated heterocycles. The molecule has 138 valence electrons. The van der Waals surface area contributed by atoms with Crippen molar-refractivity contribution < 1.29 is 14.2 Å². The SMILES string of the molecule is CCOc1ccc(Oc2ccccc2NC(=S)NC[C@H]2CCCO2)cc1. The van der Waals surface area contributed by atoms with Crippen LogP contribution >= 0.6 is 12.2 Å². The number of rotatable bonds is 7. The zero-order valence-electron chi connectivity index (χ0n) is 14.9. The molecule has 2 aromatic carbocycles. The van der Waals surface area contributed by atoms with Crippen molar-refractivity contribution in [3.05, 3.63) is 48.5 Å². The summed E-state index contributed by atoms with van der Waals surface area (Å²) in [6, 6.07) is 15.3. The second kappa shape index (κ2) is 9.40. The predicted molar refractivity (Wildman–Crippen MR) is 107 cm³/mol. The van der Waals surface area contributed by atoms with E-state index in [1.165, 1.54) is 0 Å². The highest BCUT2D eigenvalue weighted by Gasteiger charge is 2.15. The molecule has 0 radical (unpaired) electrons. The number of anilines is 1. The highest BCUT2D eigenvalue weighted by atomic mass is 32.1. The lowest BCUT2D eigenvalue weighted by Gasteiger charge is -2.16. The van der Waals surface area contributed by atoms with Crippen LogP contribution in [0.4, 0.5) is 5.69 Å². The fraction of sp³-hybridized carbons (Fsp3) is 0.350. The predicted octanol–water partition coefficient (Wildman–Crippen LogP) is 4.34. The molecule has 1 fully saturated rings. The molecule has 1 aliphatic heterocycles. The summed E-state index contributed by atoms with van der Waals surface area (Å²) in [6.45, 7) is 4.16. The largest absolute Gasteiger partial charge is 0.494 e. The van der Waals surface area contributed by atoms with Gasteiger partial charge in [-0.15, -0.1) is 0 Å². The van der Waals surface area contributed by atoms with E-state index in [0.29, 0.717) is 24.0 Å². The summed E-state index contributed by atoms with van der Waals surface area (Å²) < 4.78 is 17.0. The van der Waals surface area contributed by atoms with E-state index in [-0.39, 0.29) is 6.10 Å². The highest BCUT2D eigenvalue weighted by molar-refractivity contribution is 7.80. The third-order valence-corrected chi connectivity index (χ3v) is 4.26. The van der Waals surface area contributed by atoms with Gasteiger partial charge in [0, 0.05) is 13.2 Å². The summed E-state index contributed by atoms with van der Waals surface area (Å²) in [7, 11) is 0. The van der Waals surface area contributed by atoms with E-state index in [1.807, 2.05) is 55.5 Å². The molecule has 1 aliphatic rings. The normalized spacial score (nSPS) is 16.1. The first-order valence-electron chi connectivity index (χ1n) is 8.91. The van der Waals surface area contributed by atoms with Gasteiger partial charge in [-0.05, 0) is 68.4 Å². The van der Waals surface area contributed by atoms with Crippen LogP contribution in [0.3, 0.4) is 0 Å². The van der Waals surface area contributed by atoms with Gasteiger partial charge in [0.15, 0.2) is 10.9 Å². The van der Waals surface area contributed by atoms with E-state index in [2.05, 4.69) is 10.6 Å². The monoisotopic (exact) mass is 372 g/mol. The maximum Gasteiger partial charge on any atom is 0.170 e. The van der Waals surface area contributed by atoms with Crippen molar-refractivity contribution in [2.24, 2.45) is 0 Å². The fourth-order valence-corrected chi connectivity index (χ4v) is 2.93. The quantitative estimate of drug-likeness (QED) is 0.705. The number of thiocarbonyl (C=S) groups is 1. The second-order valence-electron chi connectivity index (χ2n) is 5.97. The summed E-state index contributed by atoms with van der Waals surface area (Å²) in [5, 5.41) is 6.97. The molecule has 1 heterocycles. The van der Waals surface area contributed by atoms with Crippen molar-refractivity contribution in [3.63, 3.8) is 0 Å². The lowest BCUT2D eigenvalue weighted by Crippen LogP contribution is -2.34. The minimum absolute atomic E-state index is 0.241. The van der Waals surface area contributed by atoms with Crippen molar-refractivity contribution in [1.29, 1.82) is 0 Å². The second-order valence-corrected chi connectivity index (χ2v) is 6.38. The van der Waals surface area contributed by atoms with Gasteiger partial charge in [0.05, 0.1) is 18.4 Å². The van der Waals surface area contributed by atoms with E-state index in [9.17, 15) is 0 Å². The maximum atomic E-state index is 5.99. The average molecular weight is 372 g/mol. The van der Waals surface area contributed by atoms with Gasteiger partial charge < -0.3 is 24.8 Å². The molecule has 6 heteroatoms. The highest BCUT2D eigenvalue weighted by Crippen LogP contribution is 2.30. The van der Waals surface area contributed by atoms with Gasteiger partial charge in [0.2, 0.25) is 0 Å². The minimum Gasteiger partial charge on any atom is -0.494 e. The summed E-state index contributed by atoms with van der Waals surface area (Å²) in [4.78, 5) is 0. The summed E-state index contributed by atoms with van der Waals surface area (Å²) in [5.41, 5.74) is 0.811. The third-order valence-electron chi connectivity index (χ3n) is 4.01. The molecule has 0 bridgehead atoms. The van der Waals surface area contributed by atoms with Gasteiger partial charge in [0.25, 0.3) is 0 Å². The Bertz CT molecular complexity index is 715. The first-order chi connectivity index (χ1) is 12.7. The van der Waals surface area contributed by atoms with Crippen molar-refractivity contribution in [2.75, 3.05) is 25.1 Å². The van der Waals surface area contributed by atoms with Crippen molar-refractivity contribution in [3.8, 4) is 17.2 Å². The fourth-order valence-electron chi connectivity index (χ4n) is 2.73. The molecule has 1 atom stereocenters. The molecule has 0 unspecified atom stereocenters. The number of para-hydroxylation sites is 2. The van der Waals surface area contributed by atoms with Crippen LogP contribution in [-0.2, 0) is 4.74 Å². The lowest BCUT2D eigenvalue weighted by atomic mass is 10.2. The Hall–Kier alpha value is -2.31. The molecule has 2 aromatic rings. The number of hydrogen-bond donors (Lipinski definition) is 2. The molecular formula is C20H24N2O3S. The molecule has 5 nitrogen and oxygen atoms in total. The van der Waals surface area contributed by atoms with Crippen molar-refractivity contribution >= 4 is 23.0 Å². The van der Waals surface area contributed by atoms with Gasteiger partial charge in [-0.2, -0.15) is 0 Å². The molecule has 0 aromatic heterocycles. The lowest BCUT2D eigenvalue weighted by molar-refractivity contribution is 0.114. The van der Waals surface area contributed by atoms with Crippen molar-refractivity contribution in [1.82, 2.24) is 5.32 Å². The first-order valence-corrected chi connectivity index (χ1v) is 9.31. The zero-order valence-corrected chi connectivity index (χ0v) is 15.7. The minimum atomic E-state index is 0.241. The van der Waals surface area contributed by atoms with Gasteiger partial charge in [-0.25, -0.2) is 0 Å². The average Bonchev–Trinajstić information content (AvgIpc) is 3.17. The number of nitrogens with one attached hydrogen (secondary N) is 2. The van der Waals surface area contributed by atoms with Gasteiger partial charge in [-0.3, -0.25) is 0 Å². The molecule has 26 heavy (non-hydrogen) atoms. The van der Waals surface area contributed by atoms with Gasteiger partial charge in [-0.1, -0.05) is 12.1 Å². The molecular weight excluding hydrogens is 348 g/mol. The van der Waals surface area contributed by atoms with Crippen LogP contribution in [0.2, 0.25) is 0 Å². The topological polar surface area (TPSA) is 51.8 Å². The van der Waals surface area contributed by atoms with Gasteiger partial charge >= 0.3 is 0 Å². The van der Waals surface area contributed by atoms with Crippen molar-refractivity contribution in [2.45, 2.75) is 25.9 Å². The van der Waals surface area contributed by atoms with E-state index in [1.54, 1.807) is 0 Å². The summed E-state index contributed by atoms with van der Waals surface area (Å²) in [6.07, 6.45) is 2.43. The number of ether oxygens (including phenoxy) is 3. The van der Waals surface area contributed by atoms with Crippen LogP contribution in [-0.4, -0.2) is 31.0 Å². The molecule has 3 rings (SSSR count). The standard InChI is InChI=1S/C20H24N2O3S/c1-2-23-15-9-11-16(12-10-15)25-19-8-4-3-7-18(19)22-20(26)21-14-17-6-5-13-24-17/h3-4,7-12,17H,2,5-6,13-14H2,1H3,(H2,21,22,26)/t17-/m1/s1.